The molecule has 188 valence electrons. The van der Waals surface area contributed by atoms with Crippen LogP contribution in [-0.4, -0.2) is 59.1 Å². The fraction of sp³-hybridized carbons (Fsp3) is 0.958. The molecule has 0 unspecified atom stereocenters. The number of carbonyl (C=O) groups excluding carboxylic acids is 1. The van der Waals surface area contributed by atoms with Crippen molar-refractivity contribution in [2.45, 2.75) is 129 Å². The third-order valence-electron chi connectivity index (χ3n) is 7.36. The van der Waals surface area contributed by atoms with Gasteiger partial charge in [0.25, 0.3) is 0 Å². The number of likely N-dealkylation sites (tertiary alicyclic amines) is 1. The van der Waals surface area contributed by atoms with E-state index in [1.54, 1.807) is 0 Å². The van der Waals surface area contributed by atoms with E-state index >= 15 is 0 Å². The third-order valence-corrected chi connectivity index (χ3v) is 13.5. The molecule has 32 heavy (non-hydrogen) atoms. The van der Waals surface area contributed by atoms with Crippen LogP contribution >= 0.6 is 0 Å². The van der Waals surface area contributed by atoms with Crippen molar-refractivity contribution >= 4 is 25.4 Å². The van der Waals surface area contributed by atoms with Gasteiger partial charge in [0.15, 0.2) is 8.32 Å². The molecule has 1 heterocycles. The molecule has 0 aromatic rings. The zero-order valence-corrected chi connectivity index (χ0v) is 24.2. The van der Waals surface area contributed by atoms with Crippen LogP contribution in [0.25, 0.3) is 0 Å². The van der Waals surface area contributed by atoms with Crippen LogP contribution in [0.15, 0.2) is 0 Å². The molecular formula is C24H48N2O4SSi. The van der Waals surface area contributed by atoms with Crippen LogP contribution in [0, 0.1) is 5.41 Å². The lowest BCUT2D eigenvalue weighted by Gasteiger charge is -2.44. The van der Waals surface area contributed by atoms with Gasteiger partial charge in [0, 0.05) is 25.2 Å². The number of rotatable bonds is 4. The number of carbonyl (C=O) groups is 1. The summed E-state index contributed by atoms with van der Waals surface area (Å²) >= 11 is 0. The summed E-state index contributed by atoms with van der Waals surface area (Å²) in [4.78, 5) is 14.4. The minimum atomic E-state index is -1.90. The van der Waals surface area contributed by atoms with E-state index in [2.05, 4.69) is 38.6 Å². The lowest BCUT2D eigenvalue weighted by atomic mass is 9.74. The predicted octanol–water partition coefficient (Wildman–Crippen LogP) is 5.61. The molecule has 6 nitrogen and oxygen atoms in total. The van der Waals surface area contributed by atoms with Gasteiger partial charge >= 0.3 is 6.09 Å². The highest BCUT2D eigenvalue weighted by atomic mass is 32.2. The molecular weight excluding hydrogens is 440 g/mol. The van der Waals surface area contributed by atoms with E-state index in [1.807, 2.05) is 46.4 Å². The standard InChI is InChI=1S/C24H48N2O4SSi/c1-21(2,3)29-20(27)26-14-12-24(13-15-26)17-18(30-32(10,11)23(7,8)9)16-19(24)25-31(28)22(4,5)6/h18-19,25H,12-17H2,1-11H3/t18-,19-,31-/m1/s1. The molecule has 0 bridgehead atoms. The second-order valence-electron chi connectivity index (χ2n) is 13.3. The van der Waals surface area contributed by atoms with Gasteiger partial charge in [-0.2, -0.15) is 0 Å². The zero-order valence-electron chi connectivity index (χ0n) is 22.4. The Labute approximate surface area is 200 Å². The van der Waals surface area contributed by atoms with Crippen molar-refractivity contribution in [2.24, 2.45) is 5.41 Å². The number of piperidine rings is 1. The number of amides is 1. The molecule has 1 aliphatic heterocycles. The monoisotopic (exact) mass is 488 g/mol. The Hall–Kier alpha value is -0.443. The van der Waals surface area contributed by atoms with E-state index in [-0.39, 0.29) is 33.4 Å². The average molecular weight is 489 g/mol. The summed E-state index contributed by atoms with van der Waals surface area (Å²) in [6.07, 6.45) is 3.52. The Bertz CT molecular complexity index is 698. The first-order chi connectivity index (χ1) is 14.3. The number of hydrogen-bond donors (Lipinski definition) is 1. The summed E-state index contributed by atoms with van der Waals surface area (Å²) in [5.74, 6) is 0. The molecule has 1 N–H and O–H groups in total. The molecule has 0 aromatic heterocycles. The quantitative estimate of drug-likeness (QED) is 0.522. The van der Waals surface area contributed by atoms with Gasteiger partial charge in [0.1, 0.15) is 5.60 Å². The van der Waals surface area contributed by atoms with Crippen LogP contribution in [0.1, 0.15) is 88.0 Å². The molecule has 0 aromatic carbocycles. The summed E-state index contributed by atoms with van der Waals surface area (Å²) in [6.45, 7) is 24.5. The van der Waals surface area contributed by atoms with Gasteiger partial charge in [-0.05, 0) is 90.8 Å². The Balaban J connectivity index is 2.18. The zero-order chi connectivity index (χ0) is 24.8. The molecule has 3 atom stereocenters. The van der Waals surface area contributed by atoms with Crippen LogP contribution in [0.3, 0.4) is 0 Å². The van der Waals surface area contributed by atoms with Crippen molar-refractivity contribution in [3.63, 3.8) is 0 Å². The molecule has 2 fully saturated rings. The number of ether oxygens (including phenoxy) is 1. The van der Waals surface area contributed by atoms with E-state index in [0.29, 0.717) is 13.1 Å². The second-order valence-corrected chi connectivity index (χ2v) is 20.1. The first kappa shape index (κ1) is 27.8. The van der Waals surface area contributed by atoms with E-state index < -0.39 is 24.9 Å². The van der Waals surface area contributed by atoms with Crippen molar-refractivity contribution in [1.29, 1.82) is 0 Å². The normalized spacial score (nSPS) is 25.8. The SMILES string of the molecule is CC(C)(C)OC(=O)N1CCC2(CC1)C[C@H](O[Si](C)(C)C(C)(C)C)C[C@H]2N[S@](=O)C(C)(C)C. The lowest BCUT2D eigenvalue weighted by molar-refractivity contribution is 0.00706. The largest absolute Gasteiger partial charge is 0.444 e. The van der Waals surface area contributed by atoms with Crippen molar-refractivity contribution in [3.05, 3.63) is 0 Å². The fourth-order valence-corrected chi connectivity index (χ4v) is 6.69. The number of nitrogens with zero attached hydrogens (tertiary/aromatic N) is 1. The molecule has 1 amide bonds. The van der Waals surface area contributed by atoms with Crippen LogP contribution in [0.2, 0.25) is 18.1 Å². The van der Waals surface area contributed by atoms with Crippen molar-refractivity contribution in [3.8, 4) is 0 Å². The highest BCUT2D eigenvalue weighted by molar-refractivity contribution is 7.84. The van der Waals surface area contributed by atoms with Crippen LogP contribution < -0.4 is 4.72 Å². The first-order valence-corrected chi connectivity index (χ1v) is 16.2. The van der Waals surface area contributed by atoms with E-state index in [1.165, 1.54) is 0 Å². The van der Waals surface area contributed by atoms with Crippen LogP contribution in [-0.2, 0) is 20.1 Å². The first-order valence-electron chi connectivity index (χ1n) is 12.1. The van der Waals surface area contributed by atoms with Gasteiger partial charge < -0.3 is 14.1 Å². The molecule has 8 heteroatoms. The summed E-state index contributed by atoms with van der Waals surface area (Å²) in [5, 5.41) is 0.153. The fourth-order valence-electron chi connectivity index (χ4n) is 4.37. The van der Waals surface area contributed by atoms with E-state index in [4.69, 9.17) is 9.16 Å². The highest BCUT2D eigenvalue weighted by Crippen LogP contribution is 2.50. The number of hydrogen-bond acceptors (Lipinski definition) is 4. The summed E-state index contributed by atoms with van der Waals surface area (Å²) in [6, 6.07) is 0.123. The van der Waals surface area contributed by atoms with Gasteiger partial charge in [-0.15, -0.1) is 0 Å². The molecule has 0 radical (unpaired) electrons. The maximum Gasteiger partial charge on any atom is 0.410 e. The Morgan fingerprint density at radius 3 is 2.00 bits per heavy atom. The topological polar surface area (TPSA) is 67.9 Å². The smallest absolute Gasteiger partial charge is 0.410 e. The van der Waals surface area contributed by atoms with Crippen LogP contribution in [0.5, 0.6) is 0 Å². The van der Waals surface area contributed by atoms with Crippen LogP contribution in [0.4, 0.5) is 4.79 Å². The summed E-state index contributed by atoms with van der Waals surface area (Å²) < 4.78 is 28.6. The van der Waals surface area contributed by atoms with Gasteiger partial charge in [-0.1, -0.05) is 20.8 Å². The molecule has 2 rings (SSSR count). The molecule has 1 saturated carbocycles. The second kappa shape index (κ2) is 9.31. The lowest BCUT2D eigenvalue weighted by Crippen LogP contribution is -2.52. The maximum absolute atomic E-state index is 13.0. The average Bonchev–Trinajstić information content (AvgIpc) is 2.87. The van der Waals surface area contributed by atoms with Crippen molar-refractivity contribution in [1.82, 2.24) is 9.62 Å². The van der Waals surface area contributed by atoms with Crippen molar-refractivity contribution < 1.29 is 18.2 Å². The third kappa shape index (κ3) is 6.80. The van der Waals surface area contributed by atoms with E-state index in [0.717, 1.165) is 25.7 Å². The maximum atomic E-state index is 13.0. The Morgan fingerprint density at radius 1 is 1.03 bits per heavy atom. The minimum Gasteiger partial charge on any atom is -0.444 e. The Morgan fingerprint density at radius 2 is 1.56 bits per heavy atom. The molecule has 1 saturated heterocycles. The van der Waals surface area contributed by atoms with Crippen molar-refractivity contribution in [2.75, 3.05) is 13.1 Å². The molecule has 2 aliphatic rings. The van der Waals surface area contributed by atoms with Gasteiger partial charge in [0.05, 0.1) is 15.7 Å². The molecule has 1 spiro atoms. The minimum absolute atomic E-state index is 0.00749. The Kier molecular flexibility index (Phi) is 8.08. The number of nitrogens with one attached hydrogen (secondary N) is 1. The summed E-state index contributed by atoms with van der Waals surface area (Å²) in [5.41, 5.74) is -0.498. The van der Waals surface area contributed by atoms with Gasteiger partial charge in [0.2, 0.25) is 0 Å². The van der Waals surface area contributed by atoms with E-state index in [9.17, 15) is 9.00 Å². The summed E-state index contributed by atoms with van der Waals surface area (Å²) in [7, 11) is -3.04. The predicted molar refractivity (Wildman–Crippen MR) is 136 cm³/mol. The van der Waals surface area contributed by atoms with Gasteiger partial charge in [-0.3, -0.25) is 0 Å². The highest BCUT2D eigenvalue weighted by Gasteiger charge is 2.52. The molecule has 1 aliphatic carbocycles. The van der Waals surface area contributed by atoms with Gasteiger partial charge in [-0.25, -0.2) is 13.7 Å².